The second kappa shape index (κ2) is 6.60. The molecular weight excluding hydrogens is 354 g/mol. The number of hydrogen-bond donors (Lipinski definition) is 2. The van der Waals surface area contributed by atoms with Gasteiger partial charge in [-0.3, -0.25) is 9.59 Å². The zero-order valence-electron chi connectivity index (χ0n) is 15.9. The summed E-state index contributed by atoms with van der Waals surface area (Å²) in [5, 5.41) is 8.00. The molecule has 1 amide bonds. The molecule has 1 saturated heterocycles. The lowest BCUT2D eigenvalue weighted by Gasteiger charge is -2.23. The van der Waals surface area contributed by atoms with Crippen LogP contribution in [0, 0.1) is 6.92 Å². The van der Waals surface area contributed by atoms with Crippen LogP contribution in [0.2, 0.25) is 0 Å². The highest BCUT2D eigenvalue weighted by Gasteiger charge is 2.29. The van der Waals surface area contributed by atoms with Crippen LogP contribution in [0.15, 0.2) is 35.1 Å². The molecule has 2 aromatic heterocycles. The molecule has 0 atom stereocenters. The van der Waals surface area contributed by atoms with Crippen molar-refractivity contribution >= 4 is 11.6 Å². The van der Waals surface area contributed by atoms with Crippen molar-refractivity contribution in [3.63, 3.8) is 0 Å². The number of aromatic amines is 1. The fraction of sp³-hybridized carbons (Fsp3) is 0.381. The van der Waals surface area contributed by atoms with E-state index in [4.69, 9.17) is 0 Å². The lowest BCUT2D eigenvalue weighted by molar-refractivity contribution is 0.0752. The number of carbonyl (C=O) groups is 1. The van der Waals surface area contributed by atoms with Gasteiger partial charge in [0, 0.05) is 25.1 Å². The second-order valence-corrected chi connectivity index (χ2v) is 7.73. The number of piperidine rings is 1. The van der Waals surface area contributed by atoms with Gasteiger partial charge in [0.05, 0.1) is 11.4 Å². The van der Waals surface area contributed by atoms with E-state index in [-0.39, 0.29) is 17.4 Å². The molecule has 4 heterocycles. The number of amides is 1. The van der Waals surface area contributed by atoms with Gasteiger partial charge in [-0.2, -0.15) is 5.10 Å². The number of rotatable bonds is 2. The lowest BCUT2D eigenvalue weighted by atomic mass is 9.94. The fourth-order valence-electron chi connectivity index (χ4n) is 4.48. The Kier molecular flexibility index (Phi) is 4.05. The molecule has 7 nitrogen and oxygen atoms in total. The number of aryl methyl sites for hydroxylation is 1. The minimum Gasteiger partial charge on any atom is -0.330 e. The average Bonchev–Trinajstić information content (AvgIpc) is 3.28. The minimum absolute atomic E-state index is 0.0817. The Bertz CT molecular complexity index is 1100. The number of carbonyl (C=O) groups excluding carboxylic acids is 1. The highest BCUT2D eigenvalue weighted by Crippen LogP contribution is 2.28. The quantitative estimate of drug-likeness (QED) is 0.715. The van der Waals surface area contributed by atoms with Crippen LogP contribution in [0.5, 0.6) is 0 Å². The zero-order valence-corrected chi connectivity index (χ0v) is 15.9. The van der Waals surface area contributed by atoms with Gasteiger partial charge < -0.3 is 15.2 Å². The Labute approximate surface area is 162 Å². The number of nitrogens with one attached hydrogen (secondary N) is 2. The molecule has 0 bridgehead atoms. The van der Waals surface area contributed by atoms with Gasteiger partial charge in [0.1, 0.15) is 11.2 Å². The van der Waals surface area contributed by atoms with E-state index in [1.165, 1.54) is 11.1 Å². The first-order valence-corrected chi connectivity index (χ1v) is 9.81. The lowest BCUT2D eigenvalue weighted by Crippen LogP contribution is -2.29. The molecule has 0 aliphatic carbocycles. The molecule has 1 fully saturated rings. The molecule has 28 heavy (non-hydrogen) atoms. The van der Waals surface area contributed by atoms with Crippen molar-refractivity contribution in [1.82, 2.24) is 24.8 Å². The van der Waals surface area contributed by atoms with Crippen LogP contribution < -0.4 is 10.9 Å². The number of aromatic nitrogens is 3. The van der Waals surface area contributed by atoms with E-state index < -0.39 is 0 Å². The Morgan fingerprint density at radius 1 is 1.14 bits per heavy atom. The number of H-pyrrole nitrogens is 1. The van der Waals surface area contributed by atoms with Crippen molar-refractivity contribution in [3.8, 4) is 0 Å². The van der Waals surface area contributed by atoms with Crippen molar-refractivity contribution in [2.75, 3.05) is 13.1 Å². The third kappa shape index (κ3) is 2.74. The molecule has 3 aromatic rings. The van der Waals surface area contributed by atoms with Crippen LogP contribution in [0.4, 0.5) is 0 Å². The predicted octanol–water partition coefficient (Wildman–Crippen LogP) is 1.95. The van der Waals surface area contributed by atoms with Crippen LogP contribution in [-0.4, -0.2) is 38.5 Å². The molecule has 0 spiro atoms. The van der Waals surface area contributed by atoms with E-state index in [1.54, 1.807) is 10.6 Å². The maximum absolute atomic E-state index is 13.4. The molecule has 2 aliphatic rings. The maximum Gasteiger partial charge on any atom is 0.260 e. The molecule has 0 unspecified atom stereocenters. The second-order valence-electron chi connectivity index (χ2n) is 7.73. The van der Waals surface area contributed by atoms with Crippen molar-refractivity contribution in [1.29, 1.82) is 0 Å². The first-order chi connectivity index (χ1) is 13.6. The minimum atomic E-state index is -0.181. The van der Waals surface area contributed by atoms with Gasteiger partial charge in [-0.25, -0.2) is 4.52 Å². The highest BCUT2D eigenvalue weighted by atomic mass is 16.2. The van der Waals surface area contributed by atoms with E-state index in [1.807, 2.05) is 24.0 Å². The zero-order chi connectivity index (χ0) is 19.3. The van der Waals surface area contributed by atoms with Gasteiger partial charge in [-0.1, -0.05) is 24.3 Å². The first kappa shape index (κ1) is 17.2. The van der Waals surface area contributed by atoms with Crippen LogP contribution in [0.3, 0.4) is 0 Å². The smallest absolute Gasteiger partial charge is 0.260 e. The van der Waals surface area contributed by atoms with Gasteiger partial charge >= 0.3 is 0 Å². The molecule has 144 valence electrons. The van der Waals surface area contributed by atoms with Crippen molar-refractivity contribution < 1.29 is 4.79 Å². The van der Waals surface area contributed by atoms with Crippen molar-refractivity contribution in [2.45, 2.75) is 38.8 Å². The molecule has 2 N–H and O–H groups in total. The van der Waals surface area contributed by atoms with Crippen LogP contribution in [-0.2, 0) is 13.1 Å². The van der Waals surface area contributed by atoms with Gasteiger partial charge in [-0.05, 0) is 44.0 Å². The maximum atomic E-state index is 13.4. The number of benzene rings is 1. The van der Waals surface area contributed by atoms with Gasteiger partial charge in [-0.15, -0.1) is 0 Å². The fourth-order valence-corrected chi connectivity index (χ4v) is 4.48. The average molecular weight is 377 g/mol. The molecule has 5 rings (SSSR count). The SMILES string of the molecule is Cc1nn2c(C3CCNCC3)cc(=O)[nH]c2c1C(=O)N1Cc2ccccc2C1. The summed E-state index contributed by atoms with van der Waals surface area (Å²) in [6.45, 7) is 4.87. The van der Waals surface area contributed by atoms with Crippen molar-refractivity contribution in [2.24, 2.45) is 0 Å². The Morgan fingerprint density at radius 2 is 1.82 bits per heavy atom. The summed E-state index contributed by atoms with van der Waals surface area (Å²) in [5.41, 5.74) is 4.73. The van der Waals surface area contributed by atoms with Gasteiger partial charge in [0.25, 0.3) is 11.5 Å². The number of hydrogen-bond acceptors (Lipinski definition) is 4. The Hall–Kier alpha value is -2.93. The monoisotopic (exact) mass is 377 g/mol. The summed E-state index contributed by atoms with van der Waals surface area (Å²) in [4.78, 5) is 30.4. The molecule has 0 saturated carbocycles. The number of nitrogens with zero attached hydrogens (tertiary/aromatic N) is 3. The molecule has 0 radical (unpaired) electrons. The van der Waals surface area contributed by atoms with E-state index in [0.29, 0.717) is 30.0 Å². The summed E-state index contributed by atoms with van der Waals surface area (Å²) in [5.74, 6) is 0.186. The molecule has 7 heteroatoms. The molecular formula is C21H23N5O2. The van der Waals surface area contributed by atoms with Crippen molar-refractivity contribution in [3.05, 3.63) is 68.8 Å². The van der Waals surface area contributed by atoms with E-state index in [9.17, 15) is 9.59 Å². The molecule has 1 aromatic carbocycles. The van der Waals surface area contributed by atoms with Crippen LogP contribution in [0.25, 0.3) is 5.65 Å². The first-order valence-electron chi connectivity index (χ1n) is 9.81. The summed E-state index contributed by atoms with van der Waals surface area (Å²) in [6, 6.07) is 9.74. The topological polar surface area (TPSA) is 82.5 Å². The summed E-state index contributed by atoms with van der Waals surface area (Å²) in [7, 11) is 0. The van der Waals surface area contributed by atoms with E-state index in [2.05, 4.69) is 27.5 Å². The third-order valence-corrected chi connectivity index (χ3v) is 5.92. The van der Waals surface area contributed by atoms with Gasteiger partial charge in [0.2, 0.25) is 0 Å². The number of fused-ring (bicyclic) bond motifs is 2. The Morgan fingerprint density at radius 3 is 2.50 bits per heavy atom. The molecule has 2 aliphatic heterocycles. The standard InChI is InChI=1S/C21H23N5O2/c1-13-19(21(28)25-11-15-4-2-3-5-16(15)12-25)20-23-18(27)10-17(26(20)24-13)14-6-8-22-9-7-14/h2-5,10,14,22H,6-9,11-12H2,1H3,(H,23,27). The Balaban J connectivity index is 1.57. The summed E-state index contributed by atoms with van der Waals surface area (Å²) in [6.07, 6.45) is 1.92. The van der Waals surface area contributed by atoms with Gasteiger partial charge in [0.15, 0.2) is 0 Å². The summed E-state index contributed by atoms with van der Waals surface area (Å²) >= 11 is 0. The summed E-state index contributed by atoms with van der Waals surface area (Å²) < 4.78 is 1.78. The normalized spacial score (nSPS) is 17.2. The van der Waals surface area contributed by atoms with Crippen LogP contribution in [0.1, 0.15) is 51.6 Å². The highest BCUT2D eigenvalue weighted by molar-refractivity contribution is 6.01. The van der Waals surface area contributed by atoms with E-state index in [0.717, 1.165) is 31.6 Å². The predicted molar refractivity (Wildman–Crippen MR) is 105 cm³/mol. The van der Waals surface area contributed by atoms with Crippen LogP contribution >= 0.6 is 0 Å². The third-order valence-electron chi connectivity index (χ3n) is 5.92. The largest absolute Gasteiger partial charge is 0.330 e. The van der Waals surface area contributed by atoms with E-state index >= 15 is 0 Å².